The molecule has 0 N–H and O–H groups in total. The highest BCUT2D eigenvalue weighted by Crippen LogP contribution is 2.22. The molecular formula is C17H33FO2S. The number of hydrogen-bond donors (Lipinski definition) is 0. The molecule has 2 atom stereocenters. The first-order valence-corrected chi connectivity index (χ1v) is 9.52. The number of esters is 1. The van der Waals surface area contributed by atoms with Crippen LogP contribution in [-0.2, 0) is 9.53 Å². The van der Waals surface area contributed by atoms with Crippen LogP contribution in [-0.4, -0.2) is 29.2 Å². The van der Waals surface area contributed by atoms with E-state index in [0.29, 0.717) is 12.8 Å². The van der Waals surface area contributed by atoms with Crippen molar-refractivity contribution in [2.45, 2.75) is 96.6 Å². The second-order valence-corrected chi connectivity index (χ2v) is 7.18. The van der Waals surface area contributed by atoms with Crippen molar-refractivity contribution < 1.29 is 13.9 Å². The van der Waals surface area contributed by atoms with E-state index in [4.69, 9.17) is 4.74 Å². The highest BCUT2D eigenvalue weighted by Gasteiger charge is 2.21. The first kappa shape index (κ1) is 20.8. The first-order valence-electron chi connectivity index (χ1n) is 8.47. The molecule has 2 nitrogen and oxygen atoms in total. The average Bonchev–Trinajstić information content (AvgIpc) is 2.41. The Morgan fingerprint density at radius 2 is 1.76 bits per heavy atom. The molecule has 0 aliphatic heterocycles. The minimum absolute atomic E-state index is 0.0634. The summed E-state index contributed by atoms with van der Waals surface area (Å²) in [6.07, 6.45) is 6.48. The highest BCUT2D eigenvalue weighted by atomic mass is 32.2. The Hall–Kier alpha value is -0.250. The fourth-order valence-corrected chi connectivity index (χ4v) is 3.29. The van der Waals surface area contributed by atoms with Crippen molar-refractivity contribution in [3.8, 4) is 0 Å². The molecule has 0 aromatic carbocycles. The molecule has 21 heavy (non-hydrogen) atoms. The topological polar surface area (TPSA) is 26.3 Å². The van der Waals surface area contributed by atoms with Gasteiger partial charge in [-0.25, -0.2) is 4.39 Å². The van der Waals surface area contributed by atoms with Crippen LogP contribution in [0.15, 0.2) is 0 Å². The number of rotatable bonds is 13. The highest BCUT2D eigenvalue weighted by molar-refractivity contribution is 8.00. The van der Waals surface area contributed by atoms with Crippen molar-refractivity contribution in [2.75, 3.05) is 5.75 Å². The summed E-state index contributed by atoms with van der Waals surface area (Å²) in [6.45, 7) is 7.92. The van der Waals surface area contributed by atoms with E-state index < -0.39 is 6.17 Å². The number of unbranched alkanes of at least 4 members (excludes halogenated alkanes) is 2. The van der Waals surface area contributed by atoms with Gasteiger partial charge in [0.15, 0.2) is 0 Å². The maximum Gasteiger partial charge on any atom is 0.319 e. The summed E-state index contributed by atoms with van der Waals surface area (Å²) < 4.78 is 18.7. The molecule has 0 heterocycles. The van der Waals surface area contributed by atoms with Crippen LogP contribution in [0.5, 0.6) is 0 Å². The molecule has 0 amide bonds. The van der Waals surface area contributed by atoms with Gasteiger partial charge in [-0.2, -0.15) is 0 Å². The number of carbonyl (C=O) groups is 1. The van der Waals surface area contributed by atoms with Gasteiger partial charge in [0.2, 0.25) is 0 Å². The zero-order valence-corrected chi connectivity index (χ0v) is 15.0. The molecule has 0 fully saturated rings. The molecule has 0 aliphatic carbocycles. The molecule has 0 bridgehead atoms. The van der Waals surface area contributed by atoms with Crippen LogP contribution in [0.2, 0.25) is 0 Å². The Labute approximate surface area is 134 Å². The number of hydrogen-bond acceptors (Lipinski definition) is 3. The third-order valence-corrected chi connectivity index (χ3v) is 4.62. The third kappa shape index (κ3) is 12.0. The molecule has 0 spiro atoms. The Morgan fingerprint density at radius 1 is 1.05 bits per heavy atom. The predicted octanol–water partition coefficient (Wildman–Crippen LogP) is 5.54. The van der Waals surface area contributed by atoms with Crippen molar-refractivity contribution in [3.63, 3.8) is 0 Å². The number of ether oxygens (including phenoxy) is 1. The Morgan fingerprint density at radius 3 is 2.33 bits per heavy atom. The summed E-state index contributed by atoms with van der Waals surface area (Å²) >= 11 is 1.64. The third-order valence-electron chi connectivity index (χ3n) is 3.27. The quantitative estimate of drug-likeness (QED) is 0.329. The van der Waals surface area contributed by atoms with Gasteiger partial charge >= 0.3 is 5.97 Å². The number of carbonyl (C=O) groups excluding carboxylic acids is 1. The molecule has 0 radical (unpaired) electrons. The Bertz CT molecular complexity index is 259. The van der Waals surface area contributed by atoms with Crippen LogP contribution < -0.4 is 0 Å². The molecule has 0 aromatic heterocycles. The van der Waals surface area contributed by atoms with E-state index in [1.807, 2.05) is 20.8 Å². The van der Waals surface area contributed by atoms with E-state index in [2.05, 4.69) is 6.92 Å². The van der Waals surface area contributed by atoms with Crippen LogP contribution in [0.1, 0.15) is 79.1 Å². The maximum atomic E-state index is 13.4. The number of halogens is 1. The lowest BCUT2D eigenvalue weighted by atomic mass is 10.1. The van der Waals surface area contributed by atoms with E-state index in [1.165, 1.54) is 0 Å². The van der Waals surface area contributed by atoms with Crippen LogP contribution in [0.25, 0.3) is 0 Å². The predicted molar refractivity (Wildman–Crippen MR) is 90.7 cm³/mol. The Balaban J connectivity index is 4.05. The molecule has 4 heteroatoms. The molecular weight excluding hydrogens is 287 g/mol. The molecule has 126 valence electrons. The maximum absolute atomic E-state index is 13.4. The van der Waals surface area contributed by atoms with Crippen LogP contribution in [0, 0.1) is 0 Å². The van der Waals surface area contributed by atoms with Crippen LogP contribution in [0.4, 0.5) is 4.39 Å². The van der Waals surface area contributed by atoms with Gasteiger partial charge in [-0.15, -0.1) is 11.8 Å². The monoisotopic (exact) mass is 320 g/mol. The lowest BCUT2D eigenvalue weighted by Gasteiger charge is -2.17. The lowest BCUT2D eigenvalue weighted by molar-refractivity contribution is -0.146. The SMILES string of the molecule is CCCCCC(SCCCC(F)CCC)C(=O)OC(C)C. The second kappa shape index (κ2) is 13.4. The standard InChI is InChI=1S/C17H33FO2S/c1-5-7-8-12-16(17(19)20-14(3)4)21-13-9-11-15(18)10-6-2/h14-16H,5-13H2,1-4H3. The van der Waals surface area contributed by atoms with Crippen molar-refractivity contribution in [3.05, 3.63) is 0 Å². The number of thioether (sulfide) groups is 1. The second-order valence-electron chi connectivity index (χ2n) is 5.87. The van der Waals surface area contributed by atoms with Gasteiger partial charge in [0.05, 0.1) is 6.10 Å². The first-order chi connectivity index (χ1) is 10.0. The van der Waals surface area contributed by atoms with Gasteiger partial charge in [0.1, 0.15) is 11.4 Å². The normalized spacial score (nSPS) is 14.2. The zero-order valence-electron chi connectivity index (χ0n) is 14.2. The smallest absolute Gasteiger partial charge is 0.319 e. The molecule has 0 rings (SSSR count). The number of alkyl halides is 1. The fourth-order valence-electron chi connectivity index (χ4n) is 2.15. The minimum atomic E-state index is -0.684. The Kier molecular flexibility index (Phi) is 13.3. The van der Waals surface area contributed by atoms with Crippen molar-refractivity contribution >= 4 is 17.7 Å². The van der Waals surface area contributed by atoms with Crippen LogP contribution >= 0.6 is 11.8 Å². The van der Waals surface area contributed by atoms with E-state index >= 15 is 0 Å². The van der Waals surface area contributed by atoms with E-state index in [1.54, 1.807) is 11.8 Å². The van der Waals surface area contributed by atoms with Gasteiger partial charge in [0, 0.05) is 0 Å². The van der Waals surface area contributed by atoms with Gasteiger partial charge in [-0.3, -0.25) is 4.79 Å². The van der Waals surface area contributed by atoms with Gasteiger partial charge in [0.25, 0.3) is 0 Å². The van der Waals surface area contributed by atoms with E-state index in [-0.39, 0.29) is 17.3 Å². The average molecular weight is 321 g/mol. The summed E-state index contributed by atoms with van der Waals surface area (Å²) in [6, 6.07) is 0. The summed E-state index contributed by atoms with van der Waals surface area (Å²) in [5.41, 5.74) is 0. The van der Waals surface area contributed by atoms with Gasteiger partial charge in [-0.1, -0.05) is 39.5 Å². The van der Waals surface area contributed by atoms with Gasteiger partial charge < -0.3 is 4.74 Å². The van der Waals surface area contributed by atoms with Gasteiger partial charge in [-0.05, 0) is 45.3 Å². The largest absolute Gasteiger partial charge is 0.462 e. The summed E-state index contributed by atoms with van der Waals surface area (Å²) in [4.78, 5) is 12.1. The van der Waals surface area contributed by atoms with Crippen LogP contribution in [0.3, 0.4) is 0 Å². The van der Waals surface area contributed by atoms with Crippen molar-refractivity contribution in [2.24, 2.45) is 0 Å². The lowest BCUT2D eigenvalue weighted by Crippen LogP contribution is -2.24. The molecule has 0 saturated carbocycles. The molecule has 0 aliphatic rings. The molecule has 2 unspecified atom stereocenters. The molecule has 0 saturated heterocycles. The molecule has 0 aromatic rings. The fraction of sp³-hybridized carbons (Fsp3) is 0.941. The van der Waals surface area contributed by atoms with Crippen molar-refractivity contribution in [1.82, 2.24) is 0 Å². The summed E-state index contributed by atoms with van der Waals surface area (Å²) in [5.74, 6) is 0.741. The summed E-state index contributed by atoms with van der Waals surface area (Å²) in [7, 11) is 0. The minimum Gasteiger partial charge on any atom is -0.462 e. The summed E-state index contributed by atoms with van der Waals surface area (Å²) in [5, 5.41) is -0.0804. The van der Waals surface area contributed by atoms with E-state index in [9.17, 15) is 9.18 Å². The van der Waals surface area contributed by atoms with E-state index in [0.717, 1.165) is 44.3 Å². The van der Waals surface area contributed by atoms with Crippen molar-refractivity contribution in [1.29, 1.82) is 0 Å². The zero-order chi connectivity index (χ0) is 16.1.